The number of rotatable bonds is 4. The van der Waals surface area contributed by atoms with Crippen LogP contribution < -0.4 is 0 Å². The molecule has 1 N–H and O–H groups in total. The van der Waals surface area contributed by atoms with Crippen molar-refractivity contribution in [2.45, 2.75) is 46.3 Å². The van der Waals surface area contributed by atoms with Crippen LogP contribution in [-0.2, 0) is 9.47 Å². The van der Waals surface area contributed by atoms with E-state index in [1.807, 2.05) is 6.92 Å². The molecule has 1 aliphatic heterocycles. The van der Waals surface area contributed by atoms with E-state index in [1.54, 1.807) is 0 Å². The Bertz CT molecular complexity index is 187. The number of hydrogen-bond donors (Lipinski definition) is 1. The summed E-state index contributed by atoms with van der Waals surface area (Å²) in [4.78, 5) is 0. The fourth-order valence-electron chi connectivity index (χ4n) is 1.96. The van der Waals surface area contributed by atoms with E-state index < -0.39 is 5.79 Å². The van der Waals surface area contributed by atoms with Crippen LogP contribution in [0.2, 0.25) is 0 Å². The summed E-state index contributed by atoms with van der Waals surface area (Å²) < 4.78 is 11.6. The summed E-state index contributed by atoms with van der Waals surface area (Å²) in [5.41, 5.74) is -0.184. The Morgan fingerprint density at radius 1 is 1.27 bits per heavy atom. The van der Waals surface area contributed by atoms with Gasteiger partial charge in [0.05, 0.1) is 19.8 Å². The molecule has 1 fully saturated rings. The van der Waals surface area contributed by atoms with Crippen molar-refractivity contribution >= 4 is 0 Å². The van der Waals surface area contributed by atoms with Gasteiger partial charge in [-0.25, -0.2) is 0 Å². The lowest BCUT2D eigenvalue weighted by atomic mass is 9.86. The smallest absolute Gasteiger partial charge is 0.165 e. The normalized spacial score (nSPS) is 37.2. The molecule has 1 aliphatic rings. The lowest BCUT2D eigenvalue weighted by Crippen LogP contribution is -2.50. The summed E-state index contributed by atoms with van der Waals surface area (Å²) >= 11 is 0. The highest BCUT2D eigenvalue weighted by atomic mass is 16.7. The zero-order valence-electron chi connectivity index (χ0n) is 10.4. The fourth-order valence-corrected chi connectivity index (χ4v) is 1.96. The molecule has 0 amide bonds. The Kier molecular flexibility index (Phi) is 4.15. The first-order valence-electron chi connectivity index (χ1n) is 5.84. The van der Waals surface area contributed by atoms with Crippen molar-refractivity contribution in [1.29, 1.82) is 0 Å². The van der Waals surface area contributed by atoms with Crippen molar-refractivity contribution < 1.29 is 14.6 Å². The van der Waals surface area contributed by atoms with Gasteiger partial charge in [-0.1, -0.05) is 20.8 Å². The van der Waals surface area contributed by atoms with Gasteiger partial charge in [-0.15, -0.1) is 0 Å². The molecule has 0 aromatic rings. The lowest BCUT2D eigenvalue weighted by molar-refractivity contribution is -0.305. The van der Waals surface area contributed by atoms with Gasteiger partial charge in [0.25, 0.3) is 0 Å². The predicted octanol–water partition coefficient (Wildman–Crippen LogP) is 2.18. The highest BCUT2D eigenvalue weighted by Crippen LogP contribution is 2.35. The molecule has 0 radical (unpaired) electrons. The van der Waals surface area contributed by atoms with Gasteiger partial charge in [-0.05, 0) is 19.3 Å². The van der Waals surface area contributed by atoms with Crippen molar-refractivity contribution in [3.8, 4) is 0 Å². The first-order valence-corrected chi connectivity index (χ1v) is 5.84. The number of ether oxygens (including phenoxy) is 2. The molecule has 3 heteroatoms. The molecule has 90 valence electrons. The third kappa shape index (κ3) is 3.16. The summed E-state index contributed by atoms with van der Waals surface area (Å²) in [5.74, 6) is 0.0976. The van der Waals surface area contributed by atoms with Gasteiger partial charge in [-0.3, -0.25) is 0 Å². The van der Waals surface area contributed by atoms with Crippen LogP contribution in [0.25, 0.3) is 0 Å². The van der Waals surface area contributed by atoms with Crippen LogP contribution in [0.1, 0.15) is 40.5 Å². The molecule has 0 atom stereocenters. The summed E-state index contributed by atoms with van der Waals surface area (Å²) in [6, 6.07) is 0. The van der Waals surface area contributed by atoms with Crippen LogP contribution in [0.5, 0.6) is 0 Å². The summed E-state index contributed by atoms with van der Waals surface area (Å²) in [6.07, 6.45) is 1.79. The van der Waals surface area contributed by atoms with Gasteiger partial charge >= 0.3 is 0 Å². The number of hydrogen-bond acceptors (Lipinski definition) is 3. The van der Waals surface area contributed by atoms with E-state index in [2.05, 4.69) is 20.8 Å². The molecular weight excluding hydrogens is 192 g/mol. The third-order valence-electron chi connectivity index (χ3n) is 3.23. The maximum Gasteiger partial charge on any atom is 0.165 e. The van der Waals surface area contributed by atoms with E-state index in [-0.39, 0.29) is 12.0 Å². The van der Waals surface area contributed by atoms with Gasteiger partial charge in [0, 0.05) is 11.8 Å². The van der Waals surface area contributed by atoms with E-state index in [9.17, 15) is 5.11 Å². The Morgan fingerprint density at radius 3 is 2.13 bits per heavy atom. The van der Waals surface area contributed by atoms with E-state index in [0.29, 0.717) is 19.1 Å². The molecule has 0 bridgehead atoms. The Balaban J connectivity index is 2.53. The monoisotopic (exact) mass is 216 g/mol. The van der Waals surface area contributed by atoms with Gasteiger partial charge in [0.15, 0.2) is 5.79 Å². The molecule has 1 rings (SSSR count). The Morgan fingerprint density at radius 2 is 1.80 bits per heavy atom. The average molecular weight is 216 g/mol. The zero-order valence-corrected chi connectivity index (χ0v) is 10.4. The molecule has 0 aromatic heterocycles. The predicted molar refractivity (Wildman–Crippen MR) is 59.6 cm³/mol. The van der Waals surface area contributed by atoms with E-state index in [4.69, 9.17) is 9.47 Å². The Hall–Kier alpha value is -0.120. The highest BCUT2D eigenvalue weighted by molar-refractivity contribution is 4.83. The SMILES string of the molecule is CCC1(CO)COC(C)(CC(C)C)OC1. The fraction of sp³-hybridized carbons (Fsp3) is 1.00. The van der Waals surface area contributed by atoms with Crippen LogP contribution in [0, 0.1) is 11.3 Å². The first kappa shape index (κ1) is 12.9. The quantitative estimate of drug-likeness (QED) is 0.783. The van der Waals surface area contributed by atoms with Gasteiger partial charge in [0.2, 0.25) is 0 Å². The molecule has 0 unspecified atom stereocenters. The third-order valence-corrected chi connectivity index (χ3v) is 3.23. The second-order valence-electron chi connectivity index (χ2n) is 5.32. The average Bonchev–Trinajstić information content (AvgIpc) is 2.18. The molecule has 15 heavy (non-hydrogen) atoms. The van der Waals surface area contributed by atoms with E-state index >= 15 is 0 Å². The van der Waals surface area contributed by atoms with Crippen molar-refractivity contribution in [2.24, 2.45) is 11.3 Å². The minimum Gasteiger partial charge on any atom is -0.396 e. The van der Waals surface area contributed by atoms with Crippen molar-refractivity contribution in [3.63, 3.8) is 0 Å². The lowest BCUT2D eigenvalue weighted by Gasteiger charge is -2.44. The minimum absolute atomic E-state index is 0.140. The molecule has 1 heterocycles. The Labute approximate surface area is 92.8 Å². The van der Waals surface area contributed by atoms with Crippen LogP contribution >= 0.6 is 0 Å². The molecule has 3 nitrogen and oxygen atoms in total. The van der Waals surface area contributed by atoms with Crippen molar-refractivity contribution in [3.05, 3.63) is 0 Å². The van der Waals surface area contributed by atoms with Crippen LogP contribution in [0.15, 0.2) is 0 Å². The zero-order chi connectivity index (χ0) is 11.5. The standard InChI is InChI=1S/C12H24O3/c1-5-12(7-13)8-14-11(4,15-9-12)6-10(2)3/h10,13H,5-9H2,1-4H3. The summed E-state index contributed by atoms with van der Waals surface area (Å²) in [5, 5.41) is 9.33. The topological polar surface area (TPSA) is 38.7 Å². The van der Waals surface area contributed by atoms with E-state index in [0.717, 1.165) is 12.8 Å². The molecular formula is C12H24O3. The molecule has 0 saturated carbocycles. The first-order chi connectivity index (χ1) is 6.95. The van der Waals surface area contributed by atoms with Gasteiger partial charge in [-0.2, -0.15) is 0 Å². The van der Waals surface area contributed by atoms with Crippen molar-refractivity contribution in [1.82, 2.24) is 0 Å². The number of aliphatic hydroxyl groups is 1. The van der Waals surface area contributed by atoms with Gasteiger partial charge in [0.1, 0.15) is 0 Å². The van der Waals surface area contributed by atoms with Crippen LogP contribution in [0.4, 0.5) is 0 Å². The second kappa shape index (κ2) is 4.81. The largest absolute Gasteiger partial charge is 0.396 e. The van der Waals surface area contributed by atoms with Gasteiger partial charge < -0.3 is 14.6 Å². The molecule has 1 saturated heterocycles. The second-order valence-corrected chi connectivity index (χ2v) is 5.32. The summed E-state index contributed by atoms with van der Waals surface area (Å²) in [6.45, 7) is 9.71. The van der Waals surface area contributed by atoms with Crippen molar-refractivity contribution in [2.75, 3.05) is 19.8 Å². The molecule has 0 aromatic carbocycles. The maximum atomic E-state index is 9.33. The minimum atomic E-state index is -0.456. The van der Waals surface area contributed by atoms with Crippen LogP contribution in [0.3, 0.4) is 0 Å². The summed E-state index contributed by atoms with van der Waals surface area (Å²) in [7, 11) is 0. The molecule has 0 aliphatic carbocycles. The maximum absolute atomic E-state index is 9.33. The van der Waals surface area contributed by atoms with Crippen LogP contribution in [-0.4, -0.2) is 30.7 Å². The molecule has 0 spiro atoms. The van der Waals surface area contributed by atoms with E-state index in [1.165, 1.54) is 0 Å². The highest BCUT2D eigenvalue weighted by Gasteiger charge is 2.41. The number of aliphatic hydroxyl groups excluding tert-OH is 1.